The maximum absolute atomic E-state index is 13.2. The number of anilines is 6. The molecule has 2 aliphatic carbocycles. The number of hydrogen-bond acceptors (Lipinski definition) is 24. The Bertz CT molecular complexity index is 2910. The first kappa shape index (κ1) is 55.5. The molecule has 6 fully saturated rings. The molecule has 28 nitrogen and oxygen atoms in total. The van der Waals surface area contributed by atoms with E-state index >= 15 is 0 Å². The molecule has 4 aromatic heterocycles. The molecule has 1 aromatic carbocycles. The predicted octanol–water partition coefficient (Wildman–Crippen LogP) is -0.976. The molecule has 0 bridgehead atoms. The van der Waals surface area contributed by atoms with Crippen molar-refractivity contribution in [2.45, 2.75) is 163 Å². The van der Waals surface area contributed by atoms with Crippen LogP contribution in [0.4, 0.5) is 34.9 Å². The predicted molar refractivity (Wildman–Crippen MR) is 296 cm³/mol. The van der Waals surface area contributed by atoms with Gasteiger partial charge >= 0.3 is 0 Å². The fourth-order valence-electron chi connectivity index (χ4n) is 12.3. The van der Waals surface area contributed by atoms with Gasteiger partial charge in [-0.1, -0.05) is 0 Å². The van der Waals surface area contributed by atoms with E-state index in [1.807, 2.05) is 28.2 Å². The van der Waals surface area contributed by atoms with Crippen LogP contribution in [0.1, 0.15) is 90.5 Å². The lowest BCUT2D eigenvalue weighted by molar-refractivity contribution is -0.138. The average molecular weight is 1110 g/mol. The van der Waals surface area contributed by atoms with Gasteiger partial charge in [0.1, 0.15) is 35.8 Å². The lowest BCUT2D eigenvalue weighted by atomic mass is 9.90. The van der Waals surface area contributed by atoms with Crippen LogP contribution in [0.2, 0.25) is 0 Å². The fraction of sp³-hybridized carbons (Fsp3) is 0.692. The molecule has 434 valence electrons. The number of likely N-dealkylation sites (N-methyl/N-ethyl adjacent to an activating group) is 4. The SMILES string of the molecule is CCNC(=O)[C@H]1O[C@@H](n2cnc3c(N[C@H]4CC[C@H](Nc5c(N[C@H]6CC[C@H](Nc7nc(N8CC[C@@H](N(C)C)C8)nc8c7ncn8[C@@H]7O[C@H](C(=O)NCC)[C@@H](O)[C@H]7O)CC6)c(=O)c5=O)CC4)nc(N4CC[C@@H](N(C)C)C4)nc32)[C@H](O)[C@@H]1O. The molecule has 28 heteroatoms. The van der Waals surface area contributed by atoms with Gasteiger partial charge in [-0.3, -0.25) is 28.3 Å². The Labute approximate surface area is 461 Å². The number of aromatic nitrogens is 8. The van der Waals surface area contributed by atoms with Crippen LogP contribution in [-0.2, 0) is 19.1 Å². The summed E-state index contributed by atoms with van der Waals surface area (Å²) < 4.78 is 15.1. The zero-order valence-electron chi connectivity index (χ0n) is 46.2. The smallest absolute Gasteiger partial charge is 0.253 e. The number of rotatable bonds is 18. The van der Waals surface area contributed by atoms with Crippen LogP contribution in [0, 0.1) is 0 Å². The van der Waals surface area contributed by atoms with Crippen LogP contribution in [0.25, 0.3) is 22.3 Å². The molecule has 2 amide bonds. The van der Waals surface area contributed by atoms with Crippen LogP contribution in [0.3, 0.4) is 0 Å². The first-order chi connectivity index (χ1) is 38.5. The number of carbonyl (C=O) groups is 2. The summed E-state index contributed by atoms with van der Waals surface area (Å²) in [5.41, 5.74) is 1.25. The fourth-order valence-corrected chi connectivity index (χ4v) is 12.3. The molecule has 5 aromatic rings. The number of fused-ring (bicyclic) bond motifs is 2. The molecule has 2 saturated carbocycles. The number of nitrogens with zero attached hydrogens (tertiary/aromatic N) is 12. The lowest BCUT2D eigenvalue weighted by Crippen LogP contribution is -2.43. The van der Waals surface area contributed by atoms with Crippen LogP contribution >= 0.6 is 0 Å². The van der Waals surface area contributed by atoms with E-state index in [4.69, 9.17) is 29.4 Å². The highest BCUT2D eigenvalue weighted by Crippen LogP contribution is 2.38. The van der Waals surface area contributed by atoms with E-state index in [9.17, 15) is 39.6 Å². The van der Waals surface area contributed by atoms with Gasteiger partial charge in [-0.2, -0.15) is 19.9 Å². The van der Waals surface area contributed by atoms with Gasteiger partial charge in [-0.15, -0.1) is 0 Å². The van der Waals surface area contributed by atoms with Crippen molar-refractivity contribution >= 4 is 69.0 Å². The Morgan fingerprint density at radius 1 is 0.550 bits per heavy atom. The van der Waals surface area contributed by atoms with Gasteiger partial charge in [0.25, 0.3) is 22.7 Å². The quantitative estimate of drug-likeness (QED) is 0.0472. The maximum Gasteiger partial charge on any atom is 0.253 e. The Balaban J connectivity index is 0.733. The number of ether oxygens (including phenoxy) is 2. The third-order valence-corrected chi connectivity index (χ3v) is 17.2. The summed E-state index contributed by atoms with van der Waals surface area (Å²) in [7, 11) is 8.19. The zero-order valence-corrected chi connectivity index (χ0v) is 46.2. The first-order valence-corrected chi connectivity index (χ1v) is 28.3. The van der Waals surface area contributed by atoms with Gasteiger partial charge in [0, 0.05) is 75.5 Å². The second-order valence-corrected chi connectivity index (χ2v) is 22.8. The van der Waals surface area contributed by atoms with Gasteiger partial charge in [-0.05, 0) is 106 Å². The third-order valence-electron chi connectivity index (χ3n) is 17.2. The molecule has 6 aliphatic rings. The largest absolute Gasteiger partial charge is 0.387 e. The summed E-state index contributed by atoms with van der Waals surface area (Å²) in [5.74, 6) is 0.937. The Morgan fingerprint density at radius 2 is 0.912 bits per heavy atom. The van der Waals surface area contributed by atoms with E-state index < -0.39 is 71.8 Å². The minimum absolute atomic E-state index is 0.0176. The average Bonchev–Trinajstić information content (AvgIpc) is 4.29. The molecule has 4 aliphatic heterocycles. The van der Waals surface area contributed by atoms with Gasteiger partial charge in [0.05, 0.1) is 12.7 Å². The summed E-state index contributed by atoms with van der Waals surface area (Å²) in [6.07, 6.45) is -0.0903. The number of hydrogen-bond donors (Lipinski definition) is 10. The molecule has 4 saturated heterocycles. The Morgan fingerprint density at radius 3 is 1.25 bits per heavy atom. The van der Waals surface area contributed by atoms with Crippen molar-refractivity contribution < 1.29 is 39.5 Å². The summed E-state index contributed by atoms with van der Waals surface area (Å²) in [6, 6.07) is 0.447. The molecular formula is C52H76N18O10. The van der Waals surface area contributed by atoms with Gasteiger partial charge in [-0.25, -0.2) is 9.97 Å². The maximum atomic E-state index is 13.2. The molecule has 10 N–H and O–H groups in total. The van der Waals surface area contributed by atoms with Crippen LogP contribution in [0.5, 0.6) is 0 Å². The molecule has 0 spiro atoms. The highest BCUT2D eigenvalue weighted by atomic mass is 16.6. The molecule has 8 heterocycles. The molecular weight excluding hydrogens is 1040 g/mol. The van der Waals surface area contributed by atoms with Gasteiger partial charge < -0.3 is 81.4 Å². The number of aliphatic hydroxyl groups excluding tert-OH is 4. The summed E-state index contributed by atoms with van der Waals surface area (Å²) in [6.45, 7) is 7.06. The second-order valence-electron chi connectivity index (χ2n) is 22.8. The molecule has 11 rings (SSSR count). The topological polar surface area (TPSA) is 340 Å². The van der Waals surface area contributed by atoms with Gasteiger partial charge in [0.15, 0.2) is 58.6 Å². The van der Waals surface area contributed by atoms with Crippen LogP contribution in [-0.4, -0.2) is 221 Å². The summed E-state index contributed by atoms with van der Waals surface area (Å²) >= 11 is 0. The zero-order chi connectivity index (χ0) is 56.3. The number of amides is 2. The highest BCUT2D eigenvalue weighted by molar-refractivity contribution is 5.86. The Kier molecular flexibility index (Phi) is 15.9. The first-order valence-electron chi connectivity index (χ1n) is 28.3. The Hall–Kier alpha value is -6.40. The van der Waals surface area contributed by atoms with Crippen molar-refractivity contribution in [3.8, 4) is 0 Å². The van der Waals surface area contributed by atoms with E-state index in [1.54, 1.807) is 23.0 Å². The molecule has 0 unspecified atom stereocenters. The van der Waals surface area contributed by atoms with Crippen molar-refractivity contribution in [1.29, 1.82) is 0 Å². The van der Waals surface area contributed by atoms with Crippen molar-refractivity contribution in [2.75, 3.05) is 98.5 Å². The number of nitrogens with one attached hydrogen (secondary N) is 6. The molecule has 0 radical (unpaired) electrons. The summed E-state index contributed by atoms with van der Waals surface area (Å²) in [5, 5.41) is 63.5. The second kappa shape index (κ2) is 22.9. The molecule has 80 heavy (non-hydrogen) atoms. The van der Waals surface area contributed by atoms with E-state index in [-0.39, 0.29) is 24.2 Å². The summed E-state index contributed by atoms with van der Waals surface area (Å²) in [4.78, 5) is 89.7. The van der Waals surface area contributed by atoms with Crippen molar-refractivity contribution in [3.05, 3.63) is 33.1 Å². The van der Waals surface area contributed by atoms with Crippen molar-refractivity contribution in [1.82, 2.24) is 59.5 Å². The highest BCUT2D eigenvalue weighted by Gasteiger charge is 2.49. The normalized spacial score (nSPS) is 31.1. The number of carbonyl (C=O) groups excluding carboxylic acids is 2. The minimum Gasteiger partial charge on any atom is -0.387 e. The number of imidazole rings is 2. The van der Waals surface area contributed by atoms with Crippen LogP contribution in [0.15, 0.2) is 22.2 Å². The van der Waals surface area contributed by atoms with E-state index in [1.165, 1.54) is 12.7 Å². The monoisotopic (exact) mass is 1110 g/mol. The minimum atomic E-state index is -1.46. The van der Waals surface area contributed by atoms with E-state index in [0.717, 1.165) is 51.6 Å². The number of aliphatic hydroxyl groups is 4. The lowest BCUT2D eigenvalue weighted by Gasteiger charge is -2.33. The van der Waals surface area contributed by atoms with E-state index in [0.29, 0.717) is 121 Å². The standard InChI is InChI=1S/C52H76N18O10/c1-7-53-47(77)41-37(73)39(75)49(79-41)69-23-55-33-43(61-51(63-45(33)69)67-19-17-29(21-67)65(3)4)59-27-13-9-25(10-14-27)57-31-32(36(72)35(31)71)58-26-11-15-28(16-12-26)60-44-34-46(64-52(62-44)68-20-18-30(22-68)66(5)6)70(24-56-34)50-40(76)38(74)42(80-50)48(78)54-8-2/h23-30,37-42,49-50,57-58,73-76H,7-22H2,1-6H3,(H,53,77)(H,54,78)(H,59,61,63)(H,60,62,64)/t25-,26-,27-,28-,29-,30-,37+,38+,39-,40-,41+,42+,49-,50-/m1/s1. The third kappa shape index (κ3) is 10.6. The van der Waals surface area contributed by atoms with Crippen molar-refractivity contribution in [2.24, 2.45) is 0 Å². The van der Waals surface area contributed by atoms with Crippen LogP contribution < -0.4 is 52.6 Å². The molecule has 10 atom stereocenters. The van der Waals surface area contributed by atoms with Crippen molar-refractivity contribution in [3.63, 3.8) is 0 Å². The van der Waals surface area contributed by atoms with E-state index in [2.05, 4.69) is 61.5 Å². The van der Waals surface area contributed by atoms with Gasteiger partial charge in [0.2, 0.25) is 11.9 Å².